The lowest BCUT2D eigenvalue weighted by molar-refractivity contribution is -0.383. The summed E-state index contributed by atoms with van der Waals surface area (Å²) in [6.45, 7) is 0. The third-order valence-corrected chi connectivity index (χ3v) is 4.14. The molecule has 0 bridgehead atoms. The van der Waals surface area contributed by atoms with Gasteiger partial charge < -0.3 is 10.8 Å². The van der Waals surface area contributed by atoms with Crippen LogP contribution in [0.4, 0.5) is 11.4 Å². The molecule has 5 nitrogen and oxygen atoms in total. The molecule has 0 aliphatic rings. The Hall–Kier alpha value is -2.60. The zero-order valence-corrected chi connectivity index (χ0v) is 11.1. The van der Waals surface area contributed by atoms with Crippen LogP contribution < -0.4 is 5.73 Å². The second kappa shape index (κ2) is 4.50. The Balaban J connectivity index is 2.35. The van der Waals surface area contributed by atoms with Crippen LogP contribution in [0.25, 0.3) is 21.2 Å². The van der Waals surface area contributed by atoms with Crippen LogP contribution in [0.3, 0.4) is 0 Å². The van der Waals surface area contributed by atoms with Gasteiger partial charge in [-0.1, -0.05) is 30.3 Å². The van der Waals surface area contributed by atoms with Crippen LogP contribution in [0.2, 0.25) is 0 Å². The Morgan fingerprint density at radius 3 is 2.65 bits per heavy atom. The fourth-order valence-electron chi connectivity index (χ4n) is 2.19. The minimum atomic E-state index is -0.516. The Morgan fingerprint density at radius 1 is 1.20 bits per heavy atom. The molecule has 3 N–H and O–H groups in total. The molecule has 0 aliphatic heterocycles. The van der Waals surface area contributed by atoms with Crippen LogP contribution in [-0.4, -0.2) is 10.0 Å². The summed E-state index contributed by atoms with van der Waals surface area (Å²) in [6, 6.07) is 10.9. The van der Waals surface area contributed by atoms with Gasteiger partial charge in [-0.25, -0.2) is 0 Å². The molecule has 1 aromatic heterocycles. The molecule has 0 amide bonds. The lowest BCUT2D eigenvalue weighted by Gasteiger charge is -2.08. The smallest absolute Gasteiger partial charge is 0.303 e. The molecule has 0 radical (unpaired) electrons. The summed E-state index contributed by atoms with van der Waals surface area (Å²) in [4.78, 5) is 10.9. The maximum Gasteiger partial charge on any atom is 0.303 e. The van der Waals surface area contributed by atoms with Crippen LogP contribution in [0.15, 0.2) is 41.8 Å². The van der Waals surface area contributed by atoms with Crippen LogP contribution in [0, 0.1) is 10.1 Å². The monoisotopic (exact) mass is 286 g/mol. The van der Waals surface area contributed by atoms with E-state index >= 15 is 0 Å². The first kappa shape index (κ1) is 12.4. The summed E-state index contributed by atoms with van der Waals surface area (Å²) in [5.41, 5.74) is 6.36. The Labute approximate surface area is 118 Å². The summed E-state index contributed by atoms with van der Waals surface area (Å²) in [7, 11) is 0. The molecule has 0 unspecified atom stereocenters. The average Bonchev–Trinajstić information content (AvgIpc) is 2.80. The number of fused-ring (bicyclic) bond motifs is 1. The van der Waals surface area contributed by atoms with E-state index in [1.165, 1.54) is 5.38 Å². The van der Waals surface area contributed by atoms with Crippen LogP contribution >= 0.6 is 11.3 Å². The molecule has 20 heavy (non-hydrogen) atoms. The SMILES string of the molecule is Nc1c([N+](=O)[O-])csc1-c1c(O)ccc2ccccc12. The van der Waals surface area contributed by atoms with Gasteiger partial charge in [0, 0.05) is 5.56 Å². The number of nitrogens with zero attached hydrogens (tertiary/aromatic N) is 1. The Morgan fingerprint density at radius 2 is 1.95 bits per heavy atom. The zero-order chi connectivity index (χ0) is 14.3. The summed E-state index contributed by atoms with van der Waals surface area (Å²) in [5.74, 6) is 0.0622. The summed E-state index contributed by atoms with van der Waals surface area (Å²) >= 11 is 1.16. The largest absolute Gasteiger partial charge is 0.507 e. The lowest BCUT2D eigenvalue weighted by atomic mass is 10.0. The highest BCUT2D eigenvalue weighted by atomic mass is 32.1. The highest BCUT2D eigenvalue weighted by molar-refractivity contribution is 7.15. The van der Waals surface area contributed by atoms with Gasteiger partial charge in [0.1, 0.15) is 11.4 Å². The molecular weight excluding hydrogens is 276 g/mol. The minimum Gasteiger partial charge on any atom is -0.507 e. The van der Waals surface area contributed by atoms with Crippen molar-refractivity contribution >= 4 is 33.5 Å². The van der Waals surface area contributed by atoms with Gasteiger partial charge in [-0.05, 0) is 16.8 Å². The standard InChI is InChI=1S/C14H10N2O3S/c15-13-10(16(18)19)7-20-14(13)12-9-4-2-1-3-8(9)5-6-11(12)17/h1-7,17H,15H2. The predicted molar refractivity (Wildman–Crippen MR) is 80.0 cm³/mol. The van der Waals surface area contributed by atoms with E-state index in [2.05, 4.69) is 0 Å². The molecule has 100 valence electrons. The number of hydrogen-bond donors (Lipinski definition) is 2. The van der Waals surface area contributed by atoms with Crippen molar-refractivity contribution in [3.8, 4) is 16.2 Å². The van der Waals surface area contributed by atoms with Crippen molar-refractivity contribution in [2.45, 2.75) is 0 Å². The van der Waals surface area contributed by atoms with Crippen molar-refractivity contribution in [2.24, 2.45) is 0 Å². The van der Waals surface area contributed by atoms with Gasteiger partial charge in [-0.15, -0.1) is 11.3 Å². The van der Waals surface area contributed by atoms with Gasteiger partial charge in [0.25, 0.3) is 0 Å². The first-order valence-corrected chi connectivity index (χ1v) is 6.70. The van der Waals surface area contributed by atoms with Crippen molar-refractivity contribution in [3.05, 3.63) is 51.9 Å². The van der Waals surface area contributed by atoms with E-state index in [1.54, 1.807) is 12.1 Å². The van der Waals surface area contributed by atoms with Crippen molar-refractivity contribution in [1.29, 1.82) is 0 Å². The van der Waals surface area contributed by atoms with E-state index in [-0.39, 0.29) is 17.1 Å². The predicted octanol–water partition coefficient (Wildman–Crippen LogP) is 3.76. The highest BCUT2D eigenvalue weighted by Gasteiger charge is 2.22. The number of anilines is 1. The second-order valence-electron chi connectivity index (χ2n) is 4.30. The summed E-state index contributed by atoms with van der Waals surface area (Å²) in [6.07, 6.45) is 0. The zero-order valence-electron chi connectivity index (χ0n) is 10.2. The van der Waals surface area contributed by atoms with Gasteiger partial charge in [0.05, 0.1) is 15.2 Å². The number of benzene rings is 2. The third kappa shape index (κ3) is 1.78. The Kier molecular flexibility index (Phi) is 2.80. The second-order valence-corrected chi connectivity index (χ2v) is 5.18. The lowest BCUT2D eigenvalue weighted by Crippen LogP contribution is -1.93. The van der Waals surface area contributed by atoms with Gasteiger partial charge in [-0.2, -0.15) is 0 Å². The Bertz CT molecular complexity index is 826. The molecule has 0 atom stereocenters. The van der Waals surface area contributed by atoms with E-state index in [1.807, 2.05) is 24.3 Å². The molecule has 0 saturated heterocycles. The quantitative estimate of drug-likeness (QED) is 0.554. The van der Waals surface area contributed by atoms with Gasteiger partial charge in [0.2, 0.25) is 0 Å². The van der Waals surface area contributed by atoms with E-state index in [4.69, 9.17) is 5.73 Å². The molecule has 2 aromatic carbocycles. The van der Waals surface area contributed by atoms with Crippen LogP contribution in [0.1, 0.15) is 0 Å². The number of nitro groups is 1. The third-order valence-electron chi connectivity index (χ3n) is 3.14. The molecule has 0 fully saturated rings. The number of thiophene rings is 1. The summed E-state index contributed by atoms with van der Waals surface area (Å²) in [5, 5.41) is 24.2. The van der Waals surface area contributed by atoms with Crippen molar-refractivity contribution in [2.75, 3.05) is 5.73 Å². The van der Waals surface area contributed by atoms with Gasteiger partial charge in [-0.3, -0.25) is 10.1 Å². The summed E-state index contributed by atoms with van der Waals surface area (Å²) < 4.78 is 0. The van der Waals surface area contributed by atoms with Gasteiger partial charge in [0.15, 0.2) is 0 Å². The van der Waals surface area contributed by atoms with E-state index in [9.17, 15) is 15.2 Å². The van der Waals surface area contributed by atoms with E-state index in [0.717, 1.165) is 22.1 Å². The first-order valence-electron chi connectivity index (χ1n) is 5.82. The molecule has 3 aromatic rings. The molecule has 0 aliphatic carbocycles. The molecule has 0 spiro atoms. The number of rotatable bonds is 2. The molecule has 3 rings (SSSR count). The number of hydrogen-bond acceptors (Lipinski definition) is 5. The molecular formula is C14H10N2O3S. The number of phenolic OH excluding ortho intramolecular Hbond substituents is 1. The first-order chi connectivity index (χ1) is 9.59. The average molecular weight is 286 g/mol. The van der Waals surface area contributed by atoms with Crippen molar-refractivity contribution < 1.29 is 10.0 Å². The van der Waals surface area contributed by atoms with Crippen LogP contribution in [0.5, 0.6) is 5.75 Å². The fraction of sp³-hybridized carbons (Fsp3) is 0. The molecule has 0 saturated carbocycles. The maximum atomic E-state index is 10.9. The maximum absolute atomic E-state index is 10.9. The normalized spacial score (nSPS) is 10.8. The van der Waals surface area contributed by atoms with Crippen LogP contribution in [-0.2, 0) is 0 Å². The highest BCUT2D eigenvalue weighted by Crippen LogP contribution is 2.45. The van der Waals surface area contributed by atoms with Crippen molar-refractivity contribution in [1.82, 2.24) is 0 Å². The van der Waals surface area contributed by atoms with Gasteiger partial charge >= 0.3 is 5.69 Å². The molecule has 6 heteroatoms. The number of phenols is 1. The topological polar surface area (TPSA) is 89.4 Å². The molecule has 1 heterocycles. The number of nitrogen functional groups attached to an aromatic ring is 1. The van der Waals surface area contributed by atoms with Crippen molar-refractivity contribution in [3.63, 3.8) is 0 Å². The number of nitrogens with two attached hydrogens (primary N) is 1. The minimum absolute atomic E-state index is 0.0622. The van der Waals surface area contributed by atoms with E-state index < -0.39 is 4.92 Å². The number of aromatic hydroxyl groups is 1. The van der Waals surface area contributed by atoms with E-state index in [0.29, 0.717) is 10.4 Å². The fourth-order valence-corrected chi connectivity index (χ4v) is 3.20.